The molecule has 1 aliphatic rings. The Morgan fingerprint density at radius 2 is 2.15 bits per heavy atom. The Bertz CT molecular complexity index is 489. The van der Waals surface area contributed by atoms with Gasteiger partial charge in [0.15, 0.2) is 0 Å². The molecule has 1 aliphatic carbocycles. The van der Waals surface area contributed by atoms with E-state index in [-0.39, 0.29) is 18.4 Å². The molecule has 1 N–H and O–H groups in total. The summed E-state index contributed by atoms with van der Waals surface area (Å²) >= 11 is 3.19. The zero-order valence-electron chi connectivity index (χ0n) is 11.5. The fourth-order valence-corrected chi connectivity index (χ4v) is 3.33. The number of carbonyl (C=O) groups is 1. The van der Waals surface area contributed by atoms with Crippen molar-refractivity contribution in [2.24, 2.45) is 0 Å². The second kappa shape index (κ2) is 6.68. The zero-order valence-corrected chi connectivity index (χ0v) is 13.1. The van der Waals surface area contributed by atoms with E-state index in [1.165, 1.54) is 6.07 Å². The topological polar surface area (TPSA) is 40.5 Å². The first-order valence-electron chi connectivity index (χ1n) is 6.91. The summed E-state index contributed by atoms with van der Waals surface area (Å²) in [6, 6.07) is 5.16. The van der Waals surface area contributed by atoms with Gasteiger partial charge in [-0.3, -0.25) is 9.69 Å². The van der Waals surface area contributed by atoms with Crippen molar-refractivity contribution >= 4 is 21.9 Å². The van der Waals surface area contributed by atoms with Gasteiger partial charge in [0.25, 0.3) is 0 Å². The average molecular weight is 344 g/mol. The lowest BCUT2D eigenvalue weighted by molar-refractivity contribution is -0.139. The predicted octanol–water partition coefficient (Wildman–Crippen LogP) is 3.98. The van der Waals surface area contributed by atoms with Crippen molar-refractivity contribution in [2.45, 2.75) is 44.7 Å². The number of rotatable bonds is 5. The van der Waals surface area contributed by atoms with E-state index in [0.29, 0.717) is 10.5 Å². The maximum absolute atomic E-state index is 13.3. The molecule has 1 aromatic carbocycles. The minimum Gasteiger partial charge on any atom is -0.480 e. The van der Waals surface area contributed by atoms with Crippen LogP contribution in [0.15, 0.2) is 22.7 Å². The first kappa shape index (κ1) is 15.4. The van der Waals surface area contributed by atoms with Crippen LogP contribution in [-0.4, -0.2) is 28.6 Å². The van der Waals surface area contributed by atoms with Gasteiger partial charge in [0, 0.05) is 12.1 Å². The van der Waals surface area contributed by atoms with Crippen molar-refractivity contribution in [1.82, 2.24) is 4.90 Å². The van der Waals surface area contributed by atoms with E-state index < -0.39 is 5.97 Å². The molecule has 2 rings (SSSR count). The van der Waals surface area contributed by atoms with Crippen LogP contribution in [0.25, 0.3) is 0 Å². The highest BCUT2D eigenvalue weighted by atomic mass is 79.9. The summed E-state index contributed by atoms with van der Waals surface area (Å²) in [6.45, 7) is 2.02. The highest BCUT2D eigenvalue weighted by Crippen LogP contribution is 2.32. The summed E-state index contributed by atoms with van der Waals surface area (Å²) in [5, 5.41) is 9.13. The first-order valence-corrected chi connectivity index (χ1v) is 7.71. The zero-order chi connectivity index (χ0) is 14.7. The molecule has 0 radical (unpaired) electrons. The standard InChI is InChI=1S/C15H19BrFNO2/c1-10(11-6-7-14(17)13(16)8-11)18(9-15(19)20)12-4-2-3-5-12/h6-8,10,12H,2-5,9H2,1H3,(H,19,20). The van der Waals surface area contributed by atoms with Crippen LogP contribution >= 0.6 is 15.9 Å². The molecule has 110 valence electrons. The lowest BCUT2D eigenvalue weighted by Gasteiger charge is -2.33. The van der Waals surface area contributed by atoms with Gasteiger partial charge in [0.2, 0.25) is 0 Å². The van der Waals surface area contributed by atoms with E-state index in [9.17, 15) is 9.18 Å². The third kappa shape index (κ3) is 3.58. The lowest BCUT2D eigenvalue weighted by Crippen LogP contribution is -2.39. The van der Waals surface area contributed by atoms with Crippen LogP contribution in [-0.2, 0) is 4.79 Å². The Morgan fingerprint density at radius 1 is 1.50 bits per heavy atom. The molecular formula is C15H19BrFNO2. The number of benzene rings is 1. The largest absolute Gasteiger partial charge is 0.480 e. The minimum atomic E-state index is -0.815. The summed E-state index contributed by atoms with van der Waals surface area (Å²) < 4.78 is 13.7. The smallest absolute Gasteiger partial charge is 0.317 e. The van der Waals surface area contributed by atoms with Crippen molar-refractivity contribution < 1.29 is 14.3 Å². The van der Waals surface area contributed by atoms with Crippen LogP contribution in [0, 0.1) is 5.82 Å². The molecule has 0 spiro atoms. The molecule has 1 aromatic rings. The summed E-state index contributed by atoms with van der Waals surface area (Å²) in [5.74, 6) is -1.11. The summed E-state index contributed by atoms with van der Waals surface area (Å²) in [7, 11) is 0. The van der Waals surface area contributed by atoms with Crippen LogP contribution in [0.1, 0.15) is 44.2 Å². The van der Waals surface area contributed by atoms with Crippen molar-refractivity contribution in [2.75, 3.05) is 6.54 Å². The van der Waals surface area contributed by atoms with E-state index in [1.807, 2.05) is 11.8 Å². The quantitative estimate of drug-likeness (QED) is 0.878. The van der Waals surface area contributed by atoms with E-state index in [0.717, 1.165) is 31.2 Å². The number of nitrogens with zero attached hydrogens (tertiary/aromatic N) is 1. The van der Waals surface area contributed by atoms with Crippen LogP contribution in [0.3, 0.4) is 0 Å². The Balaban J connectivity index is 2.21. The van der Waals surface area contributed by atoms with Gasteiger partial charge in [-0.05, 0) is 53.4 Å². The molecule has 3 nitrogen and oxygen atoms in total. The van der Waals surface area contributed by atoms with E-state index >= 15 is 0 Å². The van der Waals surface area contributed by atoms with E-state index in [2.05, 4.69) is 15.9 Å². The maximum Gasteiger partial charge on any atom is 0.317 e. The molecule has 0 aliphatic heterocycles. The van der Waals surface area contributed by atoms with Gasteiger partial charge in [-0.25, -0.2) is 4.39 Å². The van der Waals surface area contributed by atoms with Gasteiger partial charge in [-0.1, -0.05) is 18.9 Å². The number of hydrogen-bond donors (Lipinski definition) is 1. The van der Waals surface area contributed by atoms with Crippen molar-refractivity contribution in [3.8, 4) is 0 Å². The van der Waals surface area contributed by atoms with Crippen molar-refractivity contribution in [1.29, 1.82) is 0 Å². The van der Waals surface area contributed by atoms with Gasteiger partial charge in [0.05, 0.1) is 11.0 Å². The molecule has 1 atom stereocenters. The van der Waals surface area contributed by atoms with Crippen molar-refractivity contribution in [3.05, 3.63) is 34.1 Å². The minimum absolute atomic E-state index is 0.0286. The number of aliphatic carboxylic acids is 1. The molecule has 0 amide bonds. The Morgan fingerprint density at radius 3 is 2.70 bits per heavy atom. The highest BCUT2D eigenvalue weighted by molar-refractivity contribution is 9.10. The first-order chi connectivity index (χ1) is 9.49. The number of carboxylic acid groups (broad SMARTS) is 1. The second-order valence-corrected chi connectivity index (χ2v) is 6.21. The maximum atomic E-state index is 13.3. The summed E-state index contributed by atoms with van der Waals surface area (Å²) in [5.41, 5.74) is 0.937. The normalized spacial score (nSPS) is 17.6. The lowest BCUT2D eigenvalue weighted by atomic mass is 10.0. The molecule has 1 fully saturated rings. The number of hydrogen-bond acceptors (Lipinski definition) is 2. The molecule has 0 saturated heterocycles. The third-order valence-corrected chi connectivity index (χ3v) is 4.64. The van der Waals surface area contributed by atoms with Crippen LogP contribution < -0.4 is 0 Å². The Kier molecular flexibility index (Phi) is 5.16. The fourth-order valence-electron chi connectivity index (χ4n) is 2.94. The average Bonchev–Trinajstić information content (AvgIpc) is 2.92. The molecule has 1 saturated carbocycles. The molecular weight excluding hydrogens is 325 g/mol. The molecule has 0 heterocycles. The Labute approximate surface area is 126 Å². The van der Waals surface area contributed by atoms with Gasteiger partial charge in [-0.15, -0.1) is 0 Å². The number of carboxylic acids is 1. The van der Waals surface area contributed by atoms with Crippen LogP contribution in [0.4, 0.5) is 4.39 Å². The third-order valence-electron chi connectivity index (χ3n) is 4.04. The molecule has 1 unspecified atom stereocenters. The SMILES string of the molecule is CC(c1ccc(F)c(Br)c1)N(CC(=O)O)C1CCCC1. The van der Waals surface area contributed by atoms with Crippen molar-refractivity contribution in [3.63, 3.8) is 0 Å². The highest BCUT2D eigenvalue weighted by Gasteiger charge is 2.29. The number of halogens is 2. The van der Waals surface area contributed by atoms with Crippen LogP contribution in [0.2, 0.25) is 0 Å². The predicted molar refractivity (Wildman–Crippen MR) is 79.1 cm³/mol. The molecule has 0 bridgehead atoms. The van der Waals surface area contributed by atoms with Gasteiger partial charge < -0.3 is 5.11 Å². The van der Waals surface area contributed by atoms with Gasteiger partial charge in [0.1, 0.15) is 5.82 Å². The fraction of sp³-hybridized carbons (Fsp3) is 0.533. The van der Waals surface area contributed by atoms with E-state index in [1.54, 1.807) is 12.1 Å². The Hall–Kier alpha value is -0.940. The second-order valence-electron chi connectivity index (χ2n) is 5.35. The molecule has 5 heteroatoms. The molecule has 20 heavy (non-hydrogen) atoms. The van der Waals surface area contributed by atoms with Crippen LogP contribution in [0.5, 0.6) is 0 Å². The molecule has 0 aromatic heterocycles. The van der Waals surface area contributed by atoms with Gasteiger partial charge >= 0.3 is 5.97 Å². The summed E-state index contributed by atoms with van der Waals surface area (Å²) in [4.78, 5) is 13.1. The summed E-state index contributed by atoms with van der Waals surface area (Å²) in [6.07, 6.45) is 4.39. The van der Waals surface area contributed by atoms with E-state index in [4.69, 9.17) is 5.11 Å². The van der Waals surface area contributed by atoms with Gasteiger partial charge in [-0.2, -0.15) is 0 Å². The monoisotopic (exact) mass is 343 g/mol.